The predicted octanol–water partition coefficient (Wildman–Crippen LogP) is 2.69. The van der Waals surface area contributed by atoms with E-state index in [2.05, 4.69) is 5.32 Å². The minimum atomic E-state index is -0.329. The minimum Gasteiger partial charge on any atom is -0.389 e. The maximum atomic E-state index is 13.7. The van der Waals surface area contributed by atoms with Gasteiger partial charge in [-0.25, -0.2) is 4.39 Å². The molecule has 0 amide bonds. The number of nitrogens with one attached hydrogen (secondary N) is 1. The van der Waals surface area contributed by atoms with E-state index in [4.69, 9.17) is 22.7 Å². The molecule has 0 heterocycles. The van der Waals surface area contributed by atoms with Crippen molar-refractivity contribution in [2.45, 2.75) is 19.3 Å². The summed E-state index contributed by atoms with van der Waals surface area (Å²) in [5.74, 6) is 0.460. The molecule has 0 aliphatic heterocycles. The van der Waals surface area contributed by atoms with Crippen molar-refractivity contribution >= 4 is 22.9 Å². The Bertz CT molecular complexity index is 449. The number of hydrogen-bond acceptors (Lipinski definition) is 3. The zero-order chi connectivity index (χ0) is 13.7. The first-order chi connectivity index (χ1) is 9.16. The van der Waals surface area contributed by atoms with E-state index in [1.165, 1.54) is 18.9 Å². The molecule has 1 aliphatic rings. The summed E-state index contributed by atoms with van der Waals surface area (Å²) in [6.45, 7) is 2.28. The molecule has 1 saturated carbocycles. The Morgan fingerprint density at radius 3 is 2.89 bits per heavy atom. The van der Waals surface area contributed by atoms with Crippen molar-refractivity contribution in [1.82, 2.24) is 0 Å². The zero-order valence-corrected chi connectivity index (χ0v) is 11.6. The van der Waals surface area contributed by atoms with Gasteiger partial charge in [-0.1, -0.05) is 12.2 Å². The topological polar surface area (TPSA) is 47.3 Å². The summed E-state index contributed by atoms with van der Waals surface area (Å²) < 4.78 is 19.2. The van der Waals surface area contributed by atoms with Crippen LogP contribution in [0.4, 0.5) is 10.1 Å². The van der Waals surface area contributed by atoms with Crippen molar-refractivity contribution in [3.05, 3.63) is 29.6 Å². The lowest BCUT2D eigenvalue weighted by Gasteiger charge is -2.09. The molecule has 1 aliphatic carbocycles. The maximum absolute atomic E-state index is 13.7. The Kier molecular flexibility index (Phi) is 5.10. The highest BCUT2D eigenvalue weighted by Crippen LogP contribution is 2.28. The van der Waals surface area contributed by atoms with E-state index in [9.17, 15) is 4.39 Å². The molecule has 3 nitrogen and oxygen atoms in total. The highest BCUT2D eigenvalue weighted by atomic mass is 32.1. The van der Waals surface area contributed by atoms with E-state index in [1.807, 2.05) is 0 Å². The van der Waals surface area contributed by atoms with Crippen molar-refractivity contribution in [1.29, 1.82) is 0 Å². The molecule has 0 bridgehead atoms. The molecule has 3 N–H and O–H groups in total. The van der Waals surface area contributed by atoms with Crippen LogP contribution in [-0.4, -0.2) is 24.7 Å². The highest BCUT2D eigenvalue weighted by Gasteiger charge is 2.20. The number of rotatable bonds is 8. The monoisotopic (exact) mass is 282 g/mol. The smallest absolute Gasteiger partial charge is 0.146 e. The van der Waals surface area contributed by atoms with Gasteiger partial charge >= 0.3 is 0 Å². The standard InChI is InChI=1S/C14H19FN2OS/c15-12-8-11(14(16)19)4-5-13(12)17-6-1-7-18-9-10-2-3-10/h4-5,8,10,17H,1-3,6-7,9H2,(H2,16,19). The van der Waals surface area contributed by atoms with Crippen LogP contribution < -0.4 is 11.1 Å². The van der Waals surface area contributed by atoms with Gasteiger partial charge in [-0.05, 0) is 43.4 Å². The molecule has 2 rings (SSSR count). The number of benzene rings is 1. The molecule has 19 heavy (non-hydrogen) atoms. The van der Waals surface area contributed by atoms with Crippen LogP contribution in [0.2, 0.25) is 0 Å². The van der Waals surface area contributed by atoms with Crippen molar-refractivity contribution in [2.75, 3.05) is 25.1 Å². The normalized spacial score (nSPS) is 14.4. The molecule has 0 spiro atoms. The van der Waals surface area contributed by atoms with Gasteiger partial charge in [-0.2, -0.15) is 0 Å². The molecular weight excluding hydrogens is 263 g/mol. The molecule has 1 aromatic rings. The van der Waals surface area contributed by atoms with Crippen molar-refractivity contribution in [3.8, 4) is 0 Å². The molecule has 0 unspecified atom stereocenters. The second kappa shape index (κ2) is 6.82. The maximum Gasteiger partial charge on any atom is 0.146 e. The van der Waals surface area contributed by atoms with Crippen LogP contribution in [-0.2, 0) is 4.74 Å². The van der Waals surface area contributed by atoms with Crippen LogP contribution in [0, 0.1) is 11.7 Å². The number of nitrogens with two attached hydrogens (primary N) is 1. The molecular formula is C14H19FN2OS. The minimum absolute atomic E-state index is 0.207. The van der Waals surface area contributed by atoms with Gasteiger partial charge in [0.2, 0.25) is 0 Å². The van der Waals surface area contributed by atoms with E-state index in [0.717, 1.165) is 25.6 Å². The largest absolute Gasteiger partial charge is 0.389 e. The van der Waals surface area contributed by atoms with Crippen molar-refractivity contribution < 1.29 is 9.13 Å². The highest BCUT2D eigenvalue weighted by molar-refractivity contribution is 7.80. The Morgan fingerprint density at radius 1 is 1.47 bits per heavy atom. The predicted molar refractivity (Wildman–Crippen MR) is 78.9 cm³/mol. The molecule has 1 fully saturated rings. The average Bonchev–Trinajstić information content (AvgIpc) is 3.19. The van der Waals surface area contributed by atoms with Crippen LogP contribution in [0.5, 0.6) is 0 Å². The third-order valence-electron chi connectivity index (χ3n) is 3.08. The Morgan fingerprint density at radius 2 is 2.26 bits per heavy atom. The quantitative estimate of drug-likeness (QED) is 0.568. The van der Waals surface area contributed by atoms with Crippen molar-refractivity contribution in [3.63, 3.8) is 0 Å². The molecule has 0 atom stereocenters. The number of halogens is 1. The van der Waals surface area contributed by atoms with Crippen molar-refractivity contribution in [2.24, 2.45) is 11.7 Å². The number of thiocarbonyl (C=S) groups is 1. The molecule has 5 heteroatoms. The van der Waals surface area contributed by atoms with Gasteiger partial charge in [0, 0.05) is 25.3 Å². The molecule has 0 aromatic heterocycles. The van der Waals surface area contributed by atoms with Gasteiger partial charge in [0.15, 0.2) is 0 Å². The molecule has 0 radical (unpaired) electrons. The van der Waals surface area contributed by atoms with Crippen LogP contribution >= 0.6 is 12.2 Å². The fourth-order valence-corrected chi connectivity index (χ4v) is 1.87. The van der Waals surface area contributed by atoms with Crippen LogP contribution in [0.3, 0.4) is 0 Å². The third kappa shape index (κ3) is 4.76. The van der Waals surface area contributed by atoms with E-state index in [0.29, 0.717) is 17.8 Å². The van der Waals surface area contributed by atoms with Gasteiger partial charge in [0.1, 0.15) is 10.8 Å². The van der Waals surface area contributed by atoms with E-state index >= 15 is 0 Å². The average molecular weight is 282 g/mol. The lowest BCUT2D eigenvalue weighted by atomic mass is 10.2. The second-order valence-corrected chi connectivity index (χ2v) is 5.30. The van der Waals surface area contributed by atoms with Gasteiger partial charge in [-0.3, -0.25) is 0 Å². The van der Waals surface area contributed by atoms with E-state index in [-0.39, 0.29) is 10.8 Å². The summed E-state index contributed by atoms with van der Waals surface area (Å²) in [7, 11) is 0. The lowest BCUT2D eigenvalue weighted by Crippen LogP contribution is -2.11. The van der Waals surface area contributed by atoms with Gasteiger partial charge < -0.3 is 15.8 Å². The third-order valence-corrected chi connectivity index (χ3v) is 3.32. The first-order valence-electron chi connectivity index (χ1n) is 6.58. The van der Waals surface area contributed by atoms with Crippen LogP contribution in [0.1, 0.15) is 24.8 Å². The van der Waals surface area contributed by atoms with E-state index < -0.39 is 0 Å². The summed E-state index contributed by atoms with van der Waals surface area (Å²) in [4.78, 5) is 0.207. The Labute approximate surface area is 118 Å². The van der Waals surface area contributed by atoms with Gasteiger partial charge in [0.25, 0.3) is 0 Å². The Balaban J connectivity index is 1.68. The zero-order valence-electron chi connectivity index (χ0n) is 10.8. The molecule has 104 valence electrons. The summed E-state index contributed by atoms with van der Waals surface area (Å²) in [5.41, 5.74) is 6.47. The fraction of sp³-hybridized carbons (Fsp3) is 0.500. The number of hydrogen-bond donors (Lipinski definition) is 2. The number of anilines is 1. The first kappa shape index (κ1) is 14.2. The summed E-state index contributed by atoms with van der Waals surface area (Å²) in [5, 5.41) is 3.04. The Hall–Kier alpha value is -1.20. The SMILES string of the molecule is NC(=S)c1ccc(NCCCOCC2CC2)c(F)c1. The summed E-state index contributed by atoms with van der Waals surface area (Å²) in [6, 6.07) is 4.74. The van der Waals surface area contributed by atoms with Crippen LogP contribution in [0.15, 0.2) is 18.2 Å². The first-order valence-corrected chi connectivity index (χ1v) is 6.98. The second-order valence-electron chi connectivity index (χ2n) is 4.86. The molecule has 0 saturated heterocycles. The summed E-state index contributed by atoms with van der Waals surface area (Å²) in [6.07, 6.45) is 3.47. The number of ether oxygens (including phenoxy) is 1. The molecule has 1 aromatic carbocycles. The van der Waals surface area contributed by atoms with Gasteiger partial charge in [-0.15, -0.1) is 0 Å². The van der Waals surface area contributed by atoms with Crippen LogP contribution in [0.25, 0.3) is 0 Å². The van der Waals surface area contributed by atoms with E-state index in [1.54, 1.807) is 12.1 Å². The van der Waals surface area contributed by atoms with Gasteiger partial charge in [0.05, 0.1) is 5.69 Å². The summed E-state index contributed by atoms with van der Waals surface area (Å²) >= 11 is 4.80. The lowest BCUT2D eigenvalue weighted by molar-refractivity contribution is 0.124. The fourth-order valence-electron chi connectivity index (χ4n) is 1.74.